The standard InChI is InChI=1S/C17H15ClN2O6S/c1-10-3-2-4-11(20(24)25)17(10)19-15(22)9-26-16(23)8-5-12(21)13-6-7-14(18)27-13/h2-4,6-7H,5,8-9H2,1H3,(H,19,22). The maximum atomic E-state index is 11.9. The predicted molar refractivity (Wildman–Crippen MR) is 100 cm³/mol. The van der Waals surface area contributed by atoms with Crippen molar-refractivity contribution in [3.05, 3.63) is 55.2 Å². The zero-order chi connectivity index (χ0) is 20.0. The van der Waals surface area contributed by atoms with Crippen molar-refractivity contribution in [3.8, 4) is 0 Å². The molecule has 2 aromatic rings. The van der Waals surface area contributed by atoms with Crippen molar-refractivity contribution in [1.29, 1.82) is 0 Å². The van der Waals surface area contributed by atoms with Crippen LogP contribution >= 0.6 is 22.9 Å². The van der Waals surface area contributed by atoms with E-state index in [0.717, 1.165) is 11.3 Å². The van der Waals surface area contributed by atoms with Crippen molar-refractivity contribution in [2.75, 3.05) is 11.9 Å². The molecule has 2 rings (SSSR count). The third kappa shape index (κ3) is 5.87. The number of aryl methyl sites for hydroxylation is 1. The Balaban J connectivity index is 1.83. The van der Waals surface area contributed by atoms with E-state index in [2.05, 4.69) is 5.32 Å². The van der Waals surface area contributed by atoms with Gasteiger partial charge in [0.1, 0.15) is 5.69 Å². The molecule has 0 atom stereocenters. The van der Waals surface area contributed by atoms with Gasteiger partial charge in [-0.25, -0.2) is 0 Å². The molecule has 0 unspecified atom stereocenters. The molecule has 1 N–H and O–H groups in total. The number of halogens is 1. The summed E-state index contributed by atoms with van der Waals surface area (Å²) in [5.74, 6) is -1.68. The SMILES string of the molecule is Cc1cccc([N+](=O)[O-])c1NC(=O)COC(=O)CCC(=O)c1ccc(Cl)s1. The highest BCUT2D eigenvalue weighted by Crippen LogP contribution is 2.27. The molecule has 0 aliphatic rings. The Hall–Kier alpha value is -2.78. The lowest BCUT2D eigenvalue weighted by Gasteiger charge is -2.09. The van der Waals surface area contributed by atoms with Crippen LogP contribution in [-0.2, 0) is 14.3 Å². The molecule has 1 aromatic carbocycles. The molecule has 10 heteroatoms. The number of nitrogens with zero attached hydrogens (tertiary/aromatic N) is 1. The minimum atomic E-state index is -0.722. The van der Waals surface area contributed by atoms with Crippen LogP contribution in [0.2, 0.25) is 4.34 Å². The first-order valence-corrected chi connectivity index (χ1v) is 8.95. The number of esters is 1. The van der Waals surface area contributed by atoms with Crippen LogP contribution < -0.4 is 5.32 Å². The van der Waals surface area contributed by atoms with E-state index < -0.39 is 23.4 Å². The quantitative estimate of drug-likeness (QED) is 0.306. The number of Topliss-reactive ketones (excluding diaryl/α,β-unsaturated/α-hetero) is 1. The second kappa shape index (κ2) is 9.24. The third-order valence-electron chi connectivity index (χ3n) is 3.48. The average molecular weight is 411 g/mol. The molecule has 0 aliphatic heterocycles. The zero-order valence-electron chi connectivity index (χ0n) is 14.2. The van der Waals surface area contributed by atoms with Gasteiger partial charge in [-0.1, -0.05) is 23.7 Å². The topological polar surface area (TPSA) is 116 Å². The first kappa shape index (κ1) is 20.5. The van der Waals surface area contributed by atoms with Crippen LogP contribution in [0.15, 0.2) is 30.3 Å². The summed E-state index contributed by atoms with van der Waals surface area (Å²) in [5, 5.41) is 13.4. The highest BCUT2D eigenvalue weighted by atomic mass is 35.5. The maximum absolute atomic E-state index is 11.9. The van der Waals surface area contributed by atoms with Gasteiger partial charge in [-0.3, -0.25) is 24.5 Å². The summed E-state index contributed by atoms with van der Waals surface area (Å²) in [5.41, 5.74) is 0.298. The summed E-state index contributed by atoms with van der Waals surface area (Å²) in [6.07, 6.45) is -0.257. The summed E-state index contributed by atoms with van der Waals surface area (Å²) in [6, 6.07) is 7.53. The number of amides is 1. The number of anilines is 1. The number of para-hydroxylation sites is 1. The normalized spacial score (nSPS) is 10.3. The number of ether oxygens (including phenoxy) is 1. The number of benzene rings is 1. The lowest BCUT2D eigenvalue weighted by Crippen LogP contribution is -2.22. The van der Waals surface area contributed by atoms with Crippen LogP contribution in [0.5, 0.6) is 0 Å². The second-order valence-corrected chi connectivity index (χ2v) is 7.18. The fourth-order valence-corrected chi connectivity index (χ4v) is 3.17. The van der Waals surface area contributed by atoms with Gasteiger partial charge < -0.3 is 10.1 Å². The molecular formula is C17H15ClN2O6S. The zero-order valence-corrected chi connectivity index (χ0v) is 15.8. The summed E-state index contributed by atoms with van der Waals surface area (Å²) in [4.78, 5) is 46.3. The average Bonchev–Trinajstić information content (AvgIpc) is 3.06. The molecule has 0 saturated heterocycles. The van der Waals surface area contributed by atoms with Gasteiger partial charge in [0.15, 0.2) is 12.4 Å². The van der Waals surface area contributed by atoms with Crippen LogP contribution in [-0.4, -0.2) is 29.2 Å². The Labute approximate surface area is 163 Å². The summed E-state index contributed by atoms with van der Waals surface area (Å²) in [6.45, 7) is 1.00. The number of nitro groups is 1. The number of ketones is 1. The fourth-order valence-electron chi connectivity index (χ4n) is 2.16. The summed E-state index contributed by atoms with van der Waals surface area (Å²) in [7, 11) is 0. The lowest BCUT2D eigenvalue weighted by molar-refractivity contribution is -0.384. The molecule has 8 nitrogen and oxygen atoms in total. The fraction of sp³-hybridized carbons (Fsp3) is 0.235. The van der Waals surface area contributed by atoms with Crippen LogP contribution in [0, 0.1) is 17.0 Å². The minimum Gasteiger partial charge on any atom is -0.456 e. The van der Waals surface area contributed by atoms with Gasteiger partial charge in [-0.05, 0) is 24.6 Å². The number of hydrogen-bond donors (Lipinski definition) is 1. The number of carbonyl (C=O) groups is 3. The molecule has 0 radical (unpaired) electrons. The van der Waals surface area contributed by atoms with Crippen molar-refractivity contribution in [2.24, 2.45) is 0 Å². The van der Waals surface area contributed by atoms with E-state index >= 15 is 0 Å². The number of nitro benzene ring substituents is 1. The number of rotatable bonds is 8. The monoisotopic (exact) mass is 410 g/mol. The number of nitrogens with one attached hydrogen (secondary N) is 1. The number of carbonyl (C=O) groups excluding carboxylic acids is 3. The van der Waals surface area contributed by atoms with E-state index in [-0.39, 0.29) is 30.0 Å². The van der Waals surface area contributed by atoms with Gasteiger partial charge in [0.05, 0.1) is 20.6 Å². The predicted octanol–water partition coefficient (Wildman–Crippen LogP) is 3.76. The smallest absolute Gasteiger partial charge is 0.306 e. The van der Waals surface area contributed by atoms with E-state index in [4.69, 9.17) is 16.3 Å². The van der Waals surface area contributed by atoms with Crippen molar-refractivity contribution >= 4 is 52.0 Å². The Morgan fingerprint density at radius 2 is 1.96 bits per heavy atom. The molecule has 1 heterocycles. The largest absolute Gasteiger partial charge is 0.456 e. The summed E-state index contributed by atoms with van der Waals surface area (Å²) >= 11 is 6.86. The first-order chi connectivity index (χ1) is 12.8. The molecule has 0 spiro atoms. The minimum absolute atomic E-state index is 0.0494. The second-order valence-electron chi connectivity index (χ2n) is 5.46. The van der Waals surface area contributed by atoms with Gasteiger partial charge in [0.25, 0.3) is 11.6 Å². The van der Waals surface area contributed by atoms with E-state index in [9.17, 15) is 24.5 Å². The Bertz CT molecular complexity index is 895. The van der Waals surface area contributed by atoms with E-state index in [1.807, 2.05) is 0 Å². The van der Waals surface area contributed by atoms with Crippen LogP contribution in [0.4, 0.5) is 11.4 Å². The van der Waals surface area contributed by atoms with Crippen molar-refractivity contribution in [2.45, 2.75) is 19.8 Å². The van der Waals surface area contributed by atoms with Crippen molar-refractivity contribution in [1.82, 2.24) is 0 Å². The van der Waals surface area contributed by atoms with E-state index in [1.165, 1.54) is 12.1 Å². The molecule has 1 aromatic heterocycles. The van der Waals surface area contributed by atoms with Crippen molar-refractivity contribution in [3.63, 3.8) is 0 Å². The van der Waals surface area contributed by atoms with Crippen LogP contribution in [0.25, 0.3) is 0 Å². The molecule has 142 valence electrons. The van der Waals surface area contributed by atoms with Gasteiger partial charge in [-0.15, -0.1) is 11.3 Å². The summed E-state index contributed by atoms with van der Waals surface area (Å²) < 4.78 is 5.29. The third-order valence-corrected chi connectivity index (χ3v) is 4.75. The molecule has 0 bridgehead atoms. The van der Waals surface area contributed by atoms with Crippen LogP contribution in [0.1, 0.15) is 28.1 Å². The molecule has 0 saturated carbocycles. The highest BCUT2D eigenvalue weighted by molar-refractivity contribution is 7.18. The number of thiophene rings is 1. The van der Waals surface area contributed by atoms with Gasteiger partial charge in [0.2, 0.25) is 0 Å². The van der Waals surface area contributed by atoms with E-state index in [0.29, 0.717) is 14.8 Å². The maximum Gasteiger partial charge on any atom is 0.306 e. The van der Waals surface area contributed by atoms with Gasteiger partial charge in [-0.2, -0.15) is 0 Å². The molecule has 0 fully saturated rings. The molecule has 27 heavy (non-hydrogen) atoms. The Morgan fingerprint density at radius 1 is 1.22 bits per heavy atom. The van der Waals surface area contributed by atoms with Gasteiger partial charge >= 0.3 is 5.97 Å². The number of hydrogen-bond acceptors (Lipinski definition) is 7. The Kier molecular flexibility index (Phi) is 7.03. The first-order valence-electron chi connectivity index (χ1n) is 7.76. The molecular weight excluding hydrogens is 396 g/mol. The Morgan fingerprint density at radius 3 is 2.59 bits per heavy atom. The highest BCUT2D eigenvalue weighted by Gasteiger charge is 2.19. The van der Waals surface area contributed by atoms with Gasteiger partial charge in [0, 0.05) is 12.5 Å². The lowest BCUT2D eigenvalue weighted by atomic mass is 10.1. The van der Waals surface area contributed by atoms with E-state index in [1.54, 1.807) is 25.1 Å². The van der Waals surface area contributed by atoms with Crippen molar-refractivity contribution < 1.29 is 24.0 Å². The molecule has 1 amide bonds. The van der Waals surface area contributed by atoms with Crippen LogP contribution in [0.3, 0.4) is 0 Å². The molecule has 0 aliphatic carbocycles.